The average Bonchev–Trinajstić information content (AvgIpc) is 2.35. The minimum absolute atomic E-state index is 0.136. The summed E-state index contributed by atoms with van der Waals surface area (Å²) < 4.78 is 5.13. The summed E-state index contributed by atoms with van der Waals surface area (Å²) in [6.07, 6.45) is 5.54. The highest BCUT2D eigenvalue weighted by Gasteiger charge is 2.34. The van der Waals surface area contributed by atoms with Crippen LogP contribution in [0.1, 0.15) is 47.0 Å². The molecule has 0 radical (unpaired) electrons. The fourth-order valence-electron chi connectivity index (χ4n) is 2.89. The molecular formula is C16H28O2S. The minimum Gasteiger partial charge on any atom is -0.465 e. The Kier molecular flexibility index (Phi) is 6.98. The summed E-state index contributed by atoms with van der Waals surface area (Å²) in [4.78, 5) is 11.9. The molecule has 4 atom stereocenters. The van der Waals surface area contributed by atoms with Gasteiger partial charge in [-0.15, -0.1) is 18.3 Å². The van der Waals surface area contributed by atoms with Gasteiger partial charge in [-0.05, 0) is 37.5 Å². The van der Waals surface area contributed by atoms with E-state index in [1.165, 1.54) is 19.3 Å². The van der Waals surface area contributed by atoms with Crippen molar-refractivity contribution in [3.63, 3.8) is 0 Å². The lowest BCUT2D eigenvalue weighted by Crippen LogP contribution is -2.33. The molecule has 0 heterocycles. The minimum atomic E-state index is -0.212. The van der Waals surface area contributed by atoms with Crippen LogP contribution in [0.2, 0.25) is 0 Å². The van der Waals surface area contributed by atoms with Crippen LogP contribution in [0, 0.1) is 17.8 Å². The van der Waals surface area contributed by atoms with Crippen LogP contribution in [-0.4, -0.2) is 23.1 Å². The fraction of sp³-hybridized carbons (Fsp3) is 0.812. The molecule has 1 fully saturated rings. The average molecular weight is 284 g/mol. The number of thioether (sulfide) groups is 1. The SMILES string of the molecule is C=CC(S[C@H]1C[C@@H](C)CC[C@@H]1C(C)C)C(=O)OCC. The Morgan fingerprint density at radius 1 is 1.47 bits per heavy atom. The van der Waals surface area contributed by atoms with Crippen molar-refractivity contribution in [2.24, 2.45) is 17.8 Å². The summed E-state index contributed by atoms with van der Waals surface area (Å²) >= 11 is 1.76. The van der Waals surface area contributed by atoms with Crippen molar-refractivity contribution in [3.05, 3.63) is 12.7 Å². The molecule has 110 valence electrons. The lowest BCUT2D eigenvalue weighted by molar-refractivity contribution is -0.141. The van der Waals surface area contributed by atoms with Gasteiger partial charge in [0.05, 0.1) is 6.61 Å². The van der Waals surface area contributed by atoms with E-state index >= 15 is 0 Å². The molecule has 2 nitrogen and oxygen atoms in total. The molecule has 0 amide bonds. The predicted octanol–water partition coefficient (Wildman–Crippen LogP) is 4.30. The number of hydrogen-bond donors (Lipinski definition) is 0. The Labute approximate surface area is 122 Å². The molecule has 1 aliphatic rings. The third kappa shape index (κ3) is 4.87. The molecule has 0 saturated heterocycles. The zero-order chi connectivity index (χ0) is 14.4. The molecule has 3 heteroatoms. The summed E-state index contributed by atoms with van der Waals surface area (Å²) in [7, 11) is 0. The molecule has 0 aromatic rings. The summed E-state index contributed by atoms with van der Waals surface area (Å²) in [5.74, 6) is 2.01. The van der Waals surface area contributed by atoms with Crippen LogP contribution >= 0.6 is 11.8 Å². The first kappa shape index (κ1) is 16.6. The van der Waals surface area contributed by atoms with Crippen molar-refractivity contribution >= 4 is 17.7 Å². The van der Waals surface area contributed by atoms with E-state index in [9.17, 15) is 4.79 Å². The first-order chi connectivity index (χ1) is 8.99. The second kappa shape index (κ2) is 7.98. The molecule has 0 aromatic carbocycles. The van der Waals surface area contributed by atoms with Gasteiger partial charge in [0.15, 0.2) is 0 Å². The molecular weight excluding hydrogens is 256 g/mol. The van der Waals surface area contributed by atoms with E-state index < -0.39 is 0 Å². The number of hydrogen-bond acceptors (Lipinski definition) is 3. The molecule has 1 saturated carbocycles. The maximum Gasteiger partial charge on any atom is 0.322 e. The molecule has 0 spiro atoms. The number of esters is 1. The lowest BCUT2D eigenvalue weighted by Gasteiger charge is -2.37. The standard InChI is InChI=1S/C16H28O2S/c1-6-14(16(17)18-7-2)19-15-10-12(5)8-9-13(15)11(3)4/h6,11-15H,1,7-10H2,2-5H3/t12-,13+,14?,15-/m0/s1. The van der Waals surface area contributed by atoms with Crippen molar-refractivity contribution in [2.75, 3.05) is 6.61 Å². The first-order valence-electron chi connectivity index (χ1n) is 7.44. The lowest BCUT2D eigenvalue weighted by atomic mass is 9.77. The molecule has 0 aromatic heterocycles. The largest absolute Gasteiger partial charge is 0.465 e. The summed E-state index contributed by atoms with van der Waals surface area (Å²) in [5.41, 5.74) is 0. The Bertz CT molecular complexity index is 301. The Hall–Kier alpha value is -0.440. The Morgan fingerprint density at radius 2 is 2.16 bits per heavy atom. The van der Waals surface area contributed by atoms with Gasteiger partial charge in [0.1, 0.15) is 5.25 Å². The van der Waals surface area contributed by atoms with Crippen molar-refractivity contribution in [1.82, 2.24) is 0 Å². The van der Waals surface area contributed by atoms with Crippen LogP contribution in [0.4, 0.5) is 0 Å². The monoisotopic (exact) mass is 284 g/mol. The first-order valence-corrected chi connectivity index (χ1v) is 8.38. The third-order valence-electron chi connectivity index (χ3n) is 4.02. The van der Waals surface area contributed by atoms with Gasteiger partial charge in [-0.3, -0.25) is 4.79 Å². The Morgan fingerprint density at radius 3 is 2.68 bits per heavy atom. The van der Waals surface area contributed by atoms with E-state index in [-0.39, 0.29) is 11.2 Å². The molecule has 1 rings (SSSR count). The van der Waals surface area contributed by atoms with E-state index in [1.807, 2.05) is 6.92 Å². The van der Waals surface area contributed by atoms with E-state index in [0.29, 0.717) is 23.7 Å². The van der Waals surface area contributed by atoms with E-state index in [0.717, 1.165) is 5.92 Å². The van der Waals surface area contributed by atoms with E-state index in [2.05, 4.69) is 27.4 Å². The molecule has 0 bridgehead atoms. The second-order valence-corrected chi connectivity index (χ2v) is 7.29. The maximum absolute atomic E-state index is 11.9. The number of ether oxygens (including phenoxy) is 1. The molecule has 0 N–H and O–H groups in total. The zero-order valence-electron chi connectivity index (χ0n) is 12.7. The van der Waals surface area contributed by atoms with Crippen LogP contribution in [0.25, 0.3) is 0 Å². The maximum atomic E-state index is 11.9. The predicted molar refractivity (Wildman–Crippen MR) is 83.3 cm³/mol. The highest BCUT2D eigenvalue weighted by Crippen LogP contribution is 2.41. The van der Waals surface area contributed by atoms with Gasteiger partial charge in [0.25, 0.3) is 0 Å². The van der Waals surface area contributed by atoms with Gasteiger partial charge in [0.2, 0.25) is 0 Å². The van der Waals surface area contributed by atoms with E-state index in [1.54, 1.807) is 17.8 Å². The van der Waals surface area contributed by atoms with Gasteiger partial charge in [-0.1, -0.05) is 33.3 Å². The van der Waals surface area contributed by atoms with Crippen molar-refractivity contribution in [2.45, 2.75) is 57.5 Å². The smallest absolute Gasteiger partial charge is 0.322 e. The van der Waals surface area contributed by atoms with Gasteiger partial charge in [-0.2, -0.15) is 0 Å². The third-order valence-corrected chi connectivity index (χ3v) is 5.59. The Balaban J connectivity index is 2.68. The van der Waals surface area contributed by atoms with Gasteiger partial charge in [0, 0.05) is 5.25 Å². The summed E-state index contributed by atoms with van der Waals surface area (Å²) in [6, 6.07) is 0. The van der Waals surface area contributed by atoms with Crippen molar-refractivity contribution in [3.8, 4) is 0 Å². The van der Waals surface area contributed by atoms with Crippen molar-refractivity contribution < 1.29 is 9.53 Å². The molecule has 19 heavy (non-hydrogen) atoms. The van der Waals surface area contributed by atoms with Crippen LogP contribution in [0.3, 0.4) is 0 Å². The van der Waals surface area contributed by atoms with Gasteiger partial charge >= 0.3 is 5.97 Å². The number of carbonyl (C=O) groups excluding carboxylic acids is 1. The molecule has 1 aliphatic carbocycles. The highest BCUT2D eigenvalue weighted by atomic mass is 32.2. The van der Waals surface area contributed by atoms with Crippen LogP contribution in [0.5, 0.6) is 0 Å². The van der Waals surface area contributed by atoms with Crippen molar-refractivity contribution in [1.29, 1.82) is 0 Å². The zero-order valence-corrected chi connectivity index (χ0v) is 13.5. The van der Waals surface area contributed by atoms with E-state index in [4.69, 9.17) is 4.74 Å². The summed E-state index contributed by atoms with van der Waals surface area (Å²) in [5, 5.41) is 0.340. The quantitative estimate of drug-likeness (QED) is 0.537. The van der Waals surface area contributed by atoms with Crippen LogP contribution < -0.4 is 0 Å². The normalized spacial score (nSPS) is 29.0. The topological polar surface area (TPSA) is 26.3 Å². The summed E-state index contributed by atoms with van der Waals surface area (Å²) in [6.45, 7) is 13.0. The fourth-order valence-corrected chi connectivity index (χ4v) is 4.65. The molecule has 0 aliphatic heterocycles. The highest BCUT2D eigenvalue weighted by molar-refractivity contribution is 8.01. The molecule has 1 unspecified atom stereocenters. The van der Waals surface area contributed by atoms with Gasteiger partial charge < -0.3 is 4.74 Å². The van der Waals surface area contributed by atoms with Crippen LogP contribution in [0.15, 0.2) is 12.7 Å². The number of carbonyl (C=O) groups is 1. The van der Waals surface area contributed by atoms with Crippen LogP contribution in [-0.2, 0) is 9.53 Å². The van der Waals surface area contributed by atoms with Gasteiger partial charge in [-0.25, -0.2) is 0 Å². The second-order valence-electron chi connectivity index (χ2n) is 5.91. The number of rotatable bonds is 6.